The van der Waals surface area contributed by atoms with Crippen molar-refractivity contribution in [3.05, 3.63) is 18.2 Å². The molecular formula is C9H15N3O4S. The van der Waals surface area contributed by atoms with Gasteiger partial charge in [-0.1, -0.05) is 0 Å². The van der Waals surface area contributed by atoms with Crippen LogP contribution < -0.4 is 16.2 Å². The zero-order chi connectivity index (χ0) is 13.1. The summed E-state index contributed by atoms with van der Waals surface area (Å²) in [5.41, 5.74) is 6.09. The number of nitrogen functional groups attached to an aromatic ring is 1. The summed E-state index contributed by atoms with van der Waals surface area (Å²) in [6, 6.07) is 4.14. The molecule has 0 fully saturated rings. The molecule has 8 heteroatoms. The van der Waals surface area contributed by atoms with E-state index in [0.717, 1.165) is 0 Å². The Balaban J connectivity index is 2.83. The molecule has 0 bridgehead atoms. The molecule has 0 radical (unpaired) electrons. The fourth-order valence-corrected chi connectivity index (χ4v) is 1.86. The van der Waals surface area contributed by atoms with E-state index in [1.54, 1.807) is 0 Å². The quantitative estimate of drug-likeness (QED) is 0.417. The van der Waals surface area contributed by atoms with Gasteiger partial charge in [-0.25, -0.2) is 13.6 Å². The Labute approximate surface area is 99.1 Å². The molecule has 0 spiro atoms. The first-order valence-corrected chi connectivity index (χ1v) is 6.34. The lowest BCUT2D eigenvalue weighted by Crippen LogP contribution is -2.23. The van der Waals surface area contributed by atoms with Crippen LogP contribution in [-0.4, -0.2) is 37.9 Å². The molecule has 96 valence electrons. The summed E-state index contributed by atoms with van der Waals surface area (Å²) in [5, 5.41) is 25.5. The number of rotatable bonds is 5. The molecule has 0 aromatic heterocycles. The van der Waals surface area contributed by atoms with Crippen LogP contribution >= 0.6 is 0 Å². The fourth-order valence-electron chi connectivity index (χ4n) is 1.22. The van der Waals surface area contributed by atoms with E-state index in [2.05, 4.69) is 5.32 Å². The number of anilines is 2. The highest BCUT2D eigenvalue weighted by Gasteiger charge is 2.12. The Morgan fingerprint density at radius 3 is 2.53 bits per heavy atom. The van der Waals surface area contributed by atoms with Crippen LogP contribution in [0.25, 0.3) is 0 Å². The maximum Gasteiger partial charge on any atom is 0.240 e. The van der Waals surface area contributed by atoms with Crippen molar-refractivity contribution in [1.82, 2.24) is 0 Å². The van der Waals surface area contributed by atoms with Crippen molar-refractivity contribution >= 4 is 21.4 Å². The molecule has 1 unspecified atom stereocenters. The van der Waals surface area contributed by atoms with Gasteiger partial charge in [0.2, 0.25) is 10.0 Å². The van der Waals surface area contributed by atoms with Gasteiger partial charge in [-0.05, 0) is 18.2 Å². The molecular weight excluding hydrogens is 246 g/mol. The van der Waals surface area contributed by atoms with E-state index >= 15 is 0 Å². The molecule has 1 aromatic rings. The Kier molecular flexibility index (Phi) is 4.29. The minimum absolute atomic E-state index is 0.0241. The van der Waals surface area contributed by atoms with Crippen LogP contribution in [0.1, 0.15) is 0 Å². The van der Waals surface area contributed by atoms with Gasteiger partial charge in [-0.3, -0.25) is 0 Å². The maximum atomic E-state index is 11.1. The van der Waals surface area contributed by atoms with Gasteiger partial charge in [0.25, 0.3) is 0 Å². The third-order valence-electron chi connectivity index (χ3n) is 2.07. The lowest BCUT2D eigenvalue weighted by molar-refractivity contribution is 0.105. The molecule has 0 amide bonds. The van der Waals surface area contributed by atoms with Crippen LogP contribution in [0.4, 0.5) is 11.4 Å². The number of benzene rings is 1. The van der Waals surface area contributed by atoms with Crippen LogP contribution in [0.15, 0.2) is 23.1 Å². The summed E-state index contributed by atoms with van der Waals surface area (Å²) in [6.07, 6.45) is -0.894. The van der Waals surface area contributed by atoms with Crippen molar-refractivity contribution < 1.29 is 18.6 Å². The monoisotopic (exact) mass is 261 g/mol. The molecule has 0 aliphatic rings. The van der Waals surface area contributed by atoms with E-state index < -0.39 is 16.1 Å². The van der Waals surface area contributed by atoms with E-state index in [4.69, 9.17) is 21.1 Å². The summed E-state index contributed by atoms with van der Waals surface area (Å²) in [5.74, 6) is 0. The third kappa shape index (κ3) is 3.86. The van der Waals surface area contributed by atoms with Crippen molar-refractivity contribution in [2.45, 2.75) is 11.0 Å². The normalized spacial score (nSPS) is 13.4. The van der Waals surface area contributed by atoms with Gasteiger partial charge in [0, 0.05) is 12.2 Å². The van der Waals surface area contributed by atoms with Crippen molar-refractivity contribution in [2.75, 3.05) is 24.2 Å². The number of aliphatic hydroxyl groups is 2. The number of aliphatic hydroxyl groups excluding tert-OH is 2. The Hall–Kier alpha value is -1.35. The number of hydrogen-bond donors (Lipinski definition) is 5. The molecule has 0 aliphatic heterocycles. The zero-order valence-electron chi connectivity index (χ0n) is 9.00. The molecule has 1 rings (SSSR count). The molecule has 0 saturated carbocycles. The molecule has 17 heavy (non-hydrogen) atoms. The molecule has 0 heterocycles. The minimum atomic E-state index is -3.83. The van der Waals surface area contributed by atoms with Crippen LogP contribution in [0.3, 0.4) is 0 Å². The number of primary sulfonamides is 1. The van der Waals surface area contributed by atoms with E-state index in [9.17, 15) is 8.42 Å². The molecule has 7 nitrogen and oxygen atoms in total. The molecule has 0 saturated heterocycles. The molecule has 7 N–H and O–H groups in total. The van der Waals surface area contributed by atoms with Gasteiger partial charge >= 0.3 is 0 Å². The predicted octanol–water partition coefficient (Wildman–Crippen LogP) is -1.32. The first-order valence-electron chi connectivity index (χ1n) is 4.79. The van der Waals surface area contributed by atoms with Gasteiger partial charge in [-0.15, -0.1) is 0 Å². The summed E-state index contributed by atoms with van der Waals surface area (Å²) < 4.78 is 22.2. The van der Waals surface area contributed by atoms with Crippen molar-refractivity contribution in [3.8, 4) is 0 Å². The van der Waals surface area contributed by atoms with E-state index in [-0.39, 0.29) is 23.7 Å². The summed E-state index contributed by atoms with van der Waals surface area (Å²) in [6.45, 7) is -0.234. The van der Waals surface area contributed by atoms with Crippen molar-refractivity contribution in [3.63, 3.8) is 0 Å². The van der Waals surface area contributed by atoms with Crippen LogP contribution in [0.2, 0.25) is 0 Å². The lowest BCUT2D eigenvalue weighted by Gasteiger charge is -2.11. The highest BCUT2D eigenvalue weighted by atomic mass is 32.2. The number of nitrogens with one attached hydrogen (secondary N) is 1. The summed E-state index contributed by atoms with van der Waals surface area (Å²) in [7, 11) is -3.83. The molecule has 1 atom stereocenters. The highest BCUT2D eigenvalue weighted by molar-refractivity contribution is 7.89. The van der Waals surface area contributed by atoms with Crippen LogP contribution in [-0.2, 0) is 10.0 Å². The van der Waals surface area contributed by atoms with Gasteiger partial charge in [0.05, 0.1) is 18.4 Å². The average molecular weight is 261 g/mol. The van der Waals surface area contributed by atoms with Crippen LogP contribution in [0.5, 0.6) is 0 Å². The first kappa shape index (κ1) is 13.7. The Bertz CT molecular complexity index is 489. The van der Waals surface area contributed by atoms with Crippen LogP contribution in [0, 0.1) is 0 Å². The second-order valence-corrected chi connectivity index (χ2v) is 5.04. The second kappa shape index (κ2) is 5.32. The summed E-state index contributed by atoms with van der Waals surface area (Å²) in [4.78, 5) is -0.147. The average Bonchev–Trinajstić information content (AvgIpc) is 2.24. The topological polar surface area (TPSA) is 139 Å². The number of sulfonamides is 1. The minimum Gasteiger partial charge on any atom is -0.398 e. The standard InChI is InChI=1S/C9H15N3O4S/c10-8-3-6(12-4-7(14)5-13)1-2-9(8)17(11,15)16/h1-3,7,12-14H,4-5,10H2,(H2,11,15,16). The zero-order valence-corrected chi connectivity index (χ0v) is 9.81. The summed E-state index contributed by atoms with van der Waals surface area (Å²) >= 11 is 0. The SMILES string of the molecule is Nc1cc(NCC(O)CO)ccc1S(N)(=O)=O. The number of nitrogens with two attached hydrogens (primary N) is 2. The third-order valence-corrected chi connectivity index (χ3v) is 3.05. The van der Waals surface area contributed by atoms with Gasteiger partial charge < -0.3 is 21.3 Å². The van der Waals surface area contributed by atoms with E-state index in [1.807, 2.05) is 0 Å². The maximum absolute atomic E-state index is 11.1. The Morgan fingerprint density at radius 1 is 1.41 bits per heavy atom. The van der Waals surface area contributed by atoms with Crippen molar-refractivity contribution in [1.29, 1.82) is 0 Å². The second-order valence-electron chi connectivity index (χ2n) is 3.51. The highest BCUT2D eigenvalue weighted by Crippen LogP contribution is 2.21. The van der Waals surface area contributed by atoms with Gasteiger partial charge in [0.15, 0.2) is 0 Å². The predicted molar refractivity (Wildman–Crippen MR) is 63.8 cm³/mol. The molecule has 0 aliphatic carbocycles. The van der Waals surface area contributed by atoms with E-state index in [0.29, 0.717) is 5.69 Å². The smallest absolute Gasteiger partial charge is 0.240 e. The van der Waals surface area contributed by atoms with E-state index in [1.165, 1.54) is 18.2 Å². The fraction of sp³-hybridized carbons (Fsp3) is 0.333. The largest absolute Gasteiger partial charge is 0.398 e. The Morgan fingerprint density at radius 2 is 2.06 bits per heavy atom. The van der Waals surface area contributed by atoms with Gasteiger partial charge in [-0.2, -0.15) is 0 Å². The first-order chi connectivity index (χ1) is 7.84. The molecule has 1 aromatic carbocycles. The van der Waals surface area contributed by atoms with Crippen molar-refractivity contribution in [2.24, 2.45) is 5.14 Å². The van der Waals surface area contributed by atoms with Gasteiger partial charge in [0.1, 0.15) is 4.90 Å². The lowest BCUT2D eigenvalue weighted by atomic mass is 10.2. The number of hydrogen-bond acceptors (Lipinski definition) is 6.